The number of pyridine rings is 1. The minimum atomic E-state index is -3.67. The van der Waals surface area contributed by atoms with Gasteiger partial charge in [-0.05, 0) is 38.1 Å². The maximum atomic E-state index is 12.6. The Balaban J connectivity index is 1.90. The normalized spacial score (nSPS) is 12.0. The van der Waals surface area contributed by atoms with E-state index in [1.54, 1.807) is 18.3 Å². The number of hydrogen-bond acceptors (Lipinski definition) is 5. The highest BCUT2D eigenvalue weighted by Crippen LogP contribution is 2.20. The zero-order valence-corrected chi connectivity index (χ0v) is 15.1. The largest absolute Gasteiger partial charge is 0.497 e. The van der Waals surface area contributed by atoms with E-state index in [4.69, 9.17) is 4.74 Å². The van der Waals surface area contributed by atoms with Crippen molar-refractivity contribution in [3.63, 3.8) is 0 Å². The Morgan fingerprint density at radius 2 is 2.04 bits per heavy atom. The van der Waals surface area contributed by atoms with E-state index in [0.717, 1.165) is 11.2 Å². The zero-order valence-electron chi connectivity index (χ0n) is 14.3. The summed E-state index contributed by atoms with van der Waals surface area (Å²) in [5.74, 6) is 1.11. The molecule has 0 atom stereocenters. The molecule has 25 heavy (non-hydrogen) atoms. The Kier molecular flexibility index (Phi) is 4.73. The van der Waals surface area contributed by atoms with Crippen molar-refractivity contribution in [1.82, 2.24) is 19.3 Å². The average molecular weight is 360 g/mol. The lowest BCUT2D eigenvalue weighted by atomic mass is 10.3. The highest BCUT2D eigenvalue weighted by Gasteiger charge is 2.19. The quantitative estimate of drug-likeness (QED) is 0.730. The van der Waals surface area contributed by atoms with Gasteiger partial charge in [-0.3, -0.25) is 0 Å². The fourth-order valence-electron chi connectivity index (χ4n) is 2.66. The lowest BCUT2D eigenvalue weighted by molar-refractivity contribution is 0.413. The summed E-state index contributed by atoms with van der Waals surface area (Å²) in [4.78, 5) is 9.02. The van der Waals surface area contributed by atoms with Crippen molar-refractivity contribution in [1.29, 1.82) is 0 Å². The van der Waals surface area contributed by atoms with Crippen LogP contribution in [0, 0.1) is 0 Å². The fraction of sp³-hybridized carbons (Fsp3) is 0.294. The predicted octanol–water partition coefficient (Wildman–Crippen LogP) is 2.50. The molecule has 3 aromatic rings. The number of fused-ring (bicyclic) bond motifs is 1. The molecule has 0 aliphatic rings. The molecule has 0 fully saturated rings. The van der Waals surface area contributed by atoms with E-state index in [1.165, 1.54) is 19.2 Å². The maximum absolute atomic E-state index is 12.6. The molecule has 2 heterocycles. The lowest BCUT2D eigenvalue weighted by Gasteiger charge is -2.13. The molecular weight excluding hydrogens is 340 g/mol. The van der Waals surface area contributed by atoms with Crippen molar-refractivity contribution in [2.45, 2.75) is 31.3 Å². The number of hydrogen-bond donors (Lipinski definition) is 1. The van der Waals surface area contributed by atoms with Crippen molar-refractivity contribution in [2.75, 3.05) is 7.11 Å². The number of rotatable bonds is 6. The summed E-state index contributed by atoms with van der Waals surface area (Å²) < 4.78 is 34.7. The molecule has 0 saturated heterocycles. The van der Waals surface area contributed by atoms with Gasteiger partial charge in [0.05, 0.1) is 18.6 Å². The first-order chi connectivity index (χ1) is 11.9. The SMILES string of the molecule is COc1cccc(S(=O)(=O)NCc2nc3cccnc3n2C(C)C)c1. The Morgan fingerprint density at radius 3 is 2.76 bits per heavy atom. The van der Waals surface area contributed by atoms with Gasteiger partial charge in [0.2, 0.25) is 10.0 Å². The minimum absolute atomic E-state index is 0.0775. The fourth-order valence-corrected chi connectivity index (χ4v) is 3.67. The smallest absolute Gasteiger partial charge is 0.241 e. The molecule has 7 nitrogen and oxygen atoms in total. The molecule has 0 bridgehead atoms. The number of sulfonamides is 1. The summed E-state index contributed by atoms with van der Waals surface area (Å²) in [6, 6.07) is 10.1. The Bertz CT molecular complexity index is 996. The second-order valence-corrected chi connectivity index (χ2v) is 7.61. The number of ether oxygens (including phenoxy) is 1. The molecule has 0 aliphatic heterocycles. The van der Waals surface area contributed by atoms with Gasteiger partial charge in [-0.2, -0.15) is 0 Å². The van der Waals surface area contributed by atoms with E-state index >= 15 is 0 Å². The van der Waals surface area contributed by atoms with E-state index in [1.807, 2.05) is 30.5 Å². The van der Waals surface area contributed by atoms with Crippen molar-refractivity contribution in [3.8, 4) is 5.75 Å². The third-order valence-corrected chi connectivity index (χ3v) is 5.21. The average Bonchev–Trinajstić information content (AvgIpc) is 2.99. The van der Waals surface area contributed by atoms with Gasteiger partial charge in [-0.1, -0.05) is 6.07 Å². The molecule has 132 valence electrons. The number of nitrogens with zero attached hydrogens (tertiary/aromatic N) is 3. The molecule has 0 spiro atoms. The summed E-state index contributed by atoms with van der Waals surface area (Å²) in [5.41, 5.74) is 1.49. The Hall–Kier alpha value is -2.45. The molecular formula is C17H20N4O3S. The van der Waals surface area contributed by atoms with E-state index in [0.29, 0.717) is 11.6 Å². The molecule has 0 aliphatic carbocycles. The second kappa shape index (κ2) is 6.81. The van der Waals surface area contributed by atoms with E-state index < -0.39 is 10.0 Å². The van der Waals surface area contributed by atoms with E-state index in [9.17, 15) is 8.42 Å². The molecule has 0 saturated carbocycles. The van der Waals surface area contributed by atoms with Crippen LogP contribution in [-0.4, -0.2) is 30.1 Å². The first-order valence-corrected chi connectivity index (χ1v) is 9.36. The molecule has 0 unspecified atom stereocenters. The van der Waals surface area contributed by atoms with E-state index in [-0.39, 0.29) is 17.5 Å². The molecule has 1 aromatic carbocycles. The van der Waals surface area contributed by atoms with Gasteiger partial charge in [-0.15, -0.1) is 0 Å². The molecule has 0 amide bonds. The lowest BCUT2D eigenvalue weighted by Crippen LogP contribution is -2.25. The van der Waals surface area contributed by atoms with Gasteiger partial charge in [0.25, 0.3) is 0 Å². The van der Waals surface area contributed by atoms with Gasteiger partial charge in [0.1, 0.15) is 17.1 Å². The van der Waals surface area contributed by atoms with Crippen LogP contribution in [0.15, 0.2) is 47.5 Å². The summed E-state index contributed by atoms with van der Waals surface area (Å²) in [6.45, 7) is 4.10. The maximum Gasteiger partial charge on any atom is 0.241 e. The van der Waals surface area contributed by atoms with Crippen LogP contribution in [0.1, 0.15) is 25.7 Å². The van der Waals surface area contributed by atoms with Crippen LogP contribution in [0.5, 0.6) is 5.75 Å². The van der Waals surface area contributed by atoms with Crippen molar-refractivity contribution in [2.24, 2.45) is 0 Å². The third kappa shape index (κ3) is 3.49. The molecule has 1 N–H and O–H groups in total. The van der Waals surface area contributed by atoms with E-state index in [2.05, 4.69) is 14.7 Å². The first-order valence-electron chi connectivity index (χ1n) is 7.88. The van der Waals surface area contributed by atoms with Crippen LogP contribution in [0.2, 0.25) is 0 Å². The summed E-state index contributed by atoms with van der Waals surface area (Å²) in [6.07, 6.45) is 1.70. The summed E-state index contributed by atoms with van der Waals surface area (Å²) in [7, 11) is -2.18. The van der Waals surface area contributed by atoms with Crippen LogP contribution >= 0.6 is 0 Å². The predicted molar refractivity (Wildman–Crippen MR) is 94.9 cm³/mol. The van der Waals surface area contributed by atoms with Crippen LogP contribution in [-0.2, 0) is 16.6 Å². The van der Waals surface area contributed by atoms with Crippen LogP contribution < -0.4 is 9.46 Å². The molecule has 8 heteroatoms. The number of methoxy groups -OCH3 is 1. The van der Waals surface area contributed by atoms with Gasteiger partial charge in [-0.25, -0.2) is 23.1 Å². The van der Waals surface area contributed by atoms with Crippen LogP contribution in [0.4, 0.5) is 0 Å². The molecule has 0 radical (unpaired) electrons. The van der Waals surface area contributed by atoms with Crippen LogP contribution in [0.3, 0.4) is 0 Å². The number of aromatic nitrogens is 3. The topological polar surface area (TPSA) is 86.1 Å². The summed E-state index contributed by atoms with van der Waals surface area (Å²) in [5, 5.41) is 0. The number of benzene rings is 1. The number of imidazole rings is 1. The van der Waals surface area contributed by atoms with Gasteiger partial charge >= 0.3 is 0 Å². The molecule has 2 aromatic heterocycles. The highest BCUT2D eigenvalue weighted by atomic mass is 32.2. The number of nitrogens with one attached hydrogen (secondary N) is 1. The standard InChI is InChI=1S/C17H20N4O3S/c1-12(2)21-16(20-15-8-5-9-18-17(15)21)11-19-25(22,23)14-7-4-6-13(10-14)24-3/h4-10,12,19H,11H2,1-3H3. The van der Waals surface area contributed by atoms with Gasteiger partial charge in [0.15, 0.2) is 5.65 Å². The van der Waals surface area contributed by atoms with Crippen molar-refractivity contribution >= 4 is 21.2 Å². The molecule has 3 rings (SSSR count). The Morgan fingerprint density at radius 1 is 1.24 bits per heavy atom. The van der Waals surface area contributed by atoms with Crippen LogP contribution in [0.25, 0.3) is 11.2 Å². The zero-order chi connectivity index (χ0) is 18.0. The second-order valence-electron chi connectivity index (χ2n) is 5.84. The minimum Gasteiger partial charge on any atom is -0.497 e. The third-order valence-electron chi connectivity index (χ3n) is 3.81. The van der Waals surface area contributed by atoms with Crippen molar-refractivity contribution < 1.29 is 13.2 Å². The highest BCUT2D eigenvalue weighted by molar-refractivity contribution is 7.89. The van der Waals surface area contributed by atoms with Crippen molar-refractivity contribution in [3.05, 3.63) is 48.4 Å². The first kappa shape index (κ1) is 17.4. The monoisotopic (exact) mass is 360 g/mol. The van der Waals surface area contributed by atoms with Gasteiger partial charge in [0, 0.05) is 18.3 Å². The van der Waals surface area contributed by atoms with Gasteiger partial charge < -0.3 is 9.30 Å². The Labute approximate surface area is 146 Å². The summed E-state index contributed by atoms with van der Waals surface area (Å²) >= 11 is 0.